The number of β-lactam (4-membered cyclic amide) rings is 1. The molecule has 0 saturated carbocycles. The first-order valence-corrected chi connectivity index (χ1v) is 7.84. The number of amides is 2. The number of thioether (sulfide) groups is 1. The van der Waals surface area contributed by atoms with E-state index < -0.39 is 22.8 Å². The molecule has 0 bridgehead atoms. The fourth-order valence-electron chi connectivity index (χ4n) is 2.73. The van der Waals surface area contributed by atoms with Gasteiger partial charge >= 0.3 is 5.97 Å². The molecule has 0 aromatic heterocycles. The Bertz CT molecular complexity index is 503. The fraction of sp³-hybridized carbons (Fsp3) is 0.643. The summed E-state index contributed by atoms with van der Waals surface area (Å²) >= 11 is 1.43. The summed E-state index contributed by atoms with van der Waals surface area (Å²) in [6.45, 7) is 5.60. The van der Waals surface area contributed by atoms with Crippen molar-refractivity contribution in [3.8, 4) is 0 Å². The lowest BCUT2D eigenvalue weighted by Crippen LogP contribution is -2.70. The van der Waals surface area contributed by atoms with E-state index in [1.165, 1.54) is 16.7 Å². The van der Waals surface area contributed by atoms with Crippen molar-refractivity contribution < 1.29 is 19.5 Å². The van der Waals surface area contributed by atoms with Crippen LogP contribution in [0.1, 0.15) is 33.6 Å². The van der Waals surface area contributed by atoms with Crippen LogP contribution in [-0.2, 0) is 14.4 Å². The molecule has 2 heterocycles. The number of allylic oxidation sites excluding steroid dienone is 1. The zero-order chi connectivity index (χ0) is 15.8. The quantitative estimate of drug-likeness (QED) is 0.583. The molecular formula is C14H20N2O4S. The van der Waals surface area contributed by atoms with E-state index in [2.05, 4.69) is 5.32 Å². The van der Waals surface area contributed by atoms with Crippen molar-refractivity contribution >= 4 is 29.5 Å². The monoisotopic (exact) mass is 312 g/mol. The first-order valence-electron chi connectivity index (χ1n) is 6.96. The van der Waals surface area contributed by atoms with Gasteiger partial charge in [0.2, 0.25) is 11.8 Å². The van der Waals surface area contributed by atoms with Gasteiger partial charge in [-0.05, 0) is 20.3 Å². The van der Waals surface area contributed by atoms with E-state index in [-0.39, 0.29) is 23.6 Å². The molecule has 2 fully saturated rings. The number of carboxylic acid groups (broad SMARTS) is 1. The summed E-state index contributed by atoms with van der Waals surface area (Å²) in [7, 11) is 0. The van der Waals surface area contributed by atoms with Crippen LogP contribution in [0.3, 0.4) is 0 Å². The van der Waals surface area contributed by atoms with Gasteiger partial charge in [-0.1, -0.05) is 19.1 Å². The molecule has 2 rings (SSSR count). The minimum Gasteiger partial charge on any atom is -0.480 e. The summed E-state index contributed by atoms with van der Waals surface area (Å²) < 4.78 is -0.562. The first-order chi connectivity index (χ1) is 9.79. The summed E-state index contributed by atoms with van der Waals surface area (Å²) in [5, 5.41) is 11.7. The highest BCUT2D eigenvalue weighted by atomic mass is 32.2. The molecule has 2 saturated heterocycles. The number of nitrogens with one attached hydrogen (secondary N) is 1. The Hall–Kier alpha value is -1.50. The smallest absolute Gasteiger partial charge is 0.327 e. The van der Waals surface area contributed by atoms with E-state index in [1.807, 2.05) is 26.8 Å². The van der Waals surface area contributed by atoms with Crippen molar-refractivity contribution in [2.75, 3.05) is 0 Å². The Kier molecular flexibility index (Phi) is 4.32. The van der Waals surface area contributed by atoms with E-state index in [1.54, 1.807) is 6.08 Å². The average molecular weight is 312 g/mol. The van der Waals surface area contributed by atoms with Gasteiger partial charge in [-0.2, -0.15) is 0 Å². The number of carbonyl (C=O) groups is 3. The Morgan fingerprint density at radius 2 is 2.10 bits per heavy atom. The van der Waals surface area contributed by atoms with Crippen molar-refractivity contribution in [2.24, 2.45) is 0 Å². The molecule has 6 nitrogen and oxygen atoms in total. The van der Waals surface area contributed by atoms with Crippen molar-refractivity contribution in [2.45, 2.75) is 55.8 Å². The minimum atomic E-state index is -1.00. The van der Waals surface area contributed by atoms with Crippen LogP contribution in [0.4, 0.5) is 0 Å². The van der Waals surface area contributed by atoms with Gasteiger partial charge in [0.1, 0.15) is 17.5 Å². The Labute approximate surface area is 127 Å². The third kappa shape index (κ3) is 2.79. The minimum absolute atomic E-state index is 0.213. The molecule has 2 aliphatic heterocycles. The van der Waals surface area contributed by atoms with E-state index in [0.29, 0.717) is 0 Å². The molecule has 0 aromatic rings. The van der Waals surface area contributed by atoms with Gasteiger partial charge in [0.25, 0.3) is 0 Å². The molecule has 2 N–H and O–H groups in total. The second kappa shape index (κ2) is 5.71. The third-order valence-electron chi connectivity index (χ3n) is 3.70. The molecular weight excluding hydrogens is 292 g/mol. The summed E-state index contributed by atoms with van der Waals surface area (Å²) in [4.78, 5) is 36.6. The van der Waals surface area contributed by atoms with Crippen LogP contribution >= 0.6 is 11.8 Å². The zero-order valence-corrected chi connectivity index (χ0v) is 13.1. The SMILES string of the molecule is CC/C=C/CC(=O)N[C@H]1C(=O)N2C1SC(C)(C)[C@H]2C(=O)O. The third-order valence-corrected chi connectivity index (χ3v) is 5.27. The summed E-state index contributed by atoms with van der Waals surface area (Å²) in [5.41, 5.74) is 0. The van der Waals surface area contributed by atoms with Crippen LogP contribution in [0.2, 0.25) is 0 Å². The number of carbonyl (C=O) groups excluding carboxylic acids is 2. The van der Waals surface area contributed by atoms with Crippen LogP contribution in [0.5, 0.6) is 0 Å². The molecule has 0 radical (unpaired) electrons. The molecule has 116 valence electrons. The van der Waals surface area contributed by atoms with Gasteiger partial charge in [-0.25, -0.2) is 4.79 Å². The standard InChI is InChI=1S/C14H20N2O4S/c1-4-5-6-7-8(17)15-9-11(18)16-10(13(19)20)14(2,3)21-12(9)16/h5-6,9-10,12H,4,7H2,1-3H3,(H,15,17)(H,19,20)/b6-5+/t9-,10+,12?/m0/s1. The Balaban J connectivity index is 2.01. The van der Waals surface area contributed by atoms with Crippen LogP contribution in [0.15, 0.2) is 12.2 Å². The van der Waals surface area contributed by atoms with Gasteiger partial charge in [-0.3, -0.25) is 9.59 Å². The molecule has 0 aromatic carbocycles. The van der Waals surface area contributed by atoms with Crippen LogP contribution in [0, 0.1) is 0 Å². The van der Waals surface area contributed by atoms with E-state index in [9.17, 15) is 19.5 Å². The molecule has 0 aliphatic carbocycles. The number of carboxylic acids is 1. The lowest BCUT2D eigenvalue weighted by Gasteiger charge is -2.43. The molecule has 0 spiro atoms. The molecule has 7 heteroatoms. The lowest BCUT2D eigenvalue weighted by atomic mass is 9.96. The van der Waals surface area contributed by atoms with Gasteiger partial charge in [0.15, 0.2) is 0 Å². The van der Waals surface area contributed by atoms with Crippen LogP contribution in [-0.4, -0.2) is 50.0 Å². The molecule has 21 heavy (non-hydrogen) atoms. The predicted octanol–water partition coefficient (Wildman–Crippen LogP) is 0.974. The molecule has 3 atom stereocenters. The molecule has 1 unspecified atom stereocenters. The highest BCUT2D eigenvalue weighted by Gasteiger charge is 2.64. The topological polar surface area (TPSA) is 86.7 Å². The van der Waals surface area contributed by atoms with Crippen molar-refractivity contribution in [1.29, 1.82) is 0 Å². The largest absolute Gasteiger partial charge is 0.480 e. The van der Waals surface area contributed by atoms with Gasteiger partial charge in [0, 0.05) is 11.2 Å². The number of rotatable bonds is 5. The summed E-state index contributed by atoms with van der Waals surface area (Å²) in [5.74, 6) is -1.52. The number of hydrogen-bond donors (Lipinski definition) is 2. The maximum absolute atomic E-state index is 12.1. The predicted molar refractivity (Wildman–Crippen MR) is 79.7 cm³/mol. The molecule has 2 aliphatic rings. The fourth-order valence-corrected chi connectivity index (χ4v) is 4.36. The lowest BCUT2D eigenvalue weighted by molar-refractivity contribution is -0.161. The number of hydrogen-bond acceptors (Lipinski definition) is 4. The van der Waals surface area contributed by atoms with Crippen molar-refractivity contribution in [3.05, 3.63) is 12.2 Å². The maximum atomic E-state index is 12.1. The van der Waals surface area contributed by atoms with Crippen LogP contribution < -0.4 is 5.32 Å². The number of fused-ring (bicyclic) bond motifs is 1. The van der Waals surface area contributed by atoms with E-state index in [4.69, 9.17) is 0 Å². The first kappa shape index (κ1) is 15.9. The van der Waals surface area contributed by atoms with Crippen molar-refractivity contribution in [1.82, 2.24) is 10.2 Å². The number of nitrogens with zero attached hydrogens (tertiary/aromatic N) is 1. The second-order valence-corrected chi connectivity index (χ2v) is 7.50. The van der Waals surface area contributed by atoms with Crippen LogP contribution in [0.25, 0.3) is 0 Å². The maximum Gasteiger partial charge on any atom is 0.327 e. The Morgan fingerprint density at radius 1 is 1.43 bits per heavy atom. The number of aliphatic carboxylic acids is 1. The highest BCUT2D eigenvalue weighted by molar-refractivity contribution is 8.01. The van der Waals surface area contributed by atoms with Gasteiger partial charge in [0.05, 0.1) is 0 Å². The summed E-state index contributed by atoms with van der Waals surface area (Å²) in [6, 6.07) is -1.45. The van der Waals surface area contributed by atoms with Crippen molar-refractivity contribution in [3.63, 3.8) is 0 Å². The summed E-state index contributed by atoms with van der Waals surface area (Å²) in [6.07, 6.45) is 4.75. The van der Waals surface area contributed by atoms with Gasteiger partial charge in [-0.15, -0.1) is 11.8 Å². The normalized spacial score (nSPS) is 30.1. The second-order valence-electron chi connectivity index (χ2n) is 5.73. The Morgan fingerprint density at radius 3 is 2.67 bits per heavy atom. The molecule has 2 amide bonds. The van der Waals surface area contributed by atoms with E-state index >= 15 is 0 Å². The highest BCUT2D eigenvalue weighted by Crippen LogP contribution is 2.50. The van der Waals surface area contributed by atoms with E-state index in [0.717, 1.165) is 6.42 Å². The zero-order valence-electron chi connectivity index (χ0n) is 12.3. The average Bonchev–Trinajstić information content (AvgIpc) is 2.65. The van der Waals surface area contributed by atoms with Gasteiger partial charge < -0.3 is 15.3 Å².